The summed E-state index contributed by atoms with van der Waals surface area (Å²) in [5, 5.41) is 3.59. The molecule has 2 amide bonds. The molecule has 0 saturated heterocycles. The van der Waals surface area contributed by atoms with Gasteiger partial charge in [0.25, 0.3) is 5.91 Å². The molecule has 0 atom stereocenters. The van der Waals surface area contributed by atoms with Crippen molar-refractivity contribution in [3.8, 4) is 0 Å². The van der Waals surface area contributed by atoms with Gasteiger partial charge in [0, 0.05) is 27.8 Å². The van der Waals surface area contributed by atoms with Crippen LogP contribution in [-0.4, -0.2) is 24.1 Å². The second kappa shape index (κ2) is 8.12. The fraction of sp³-hybridized carbons (Fsp3) is 0.143. The number of hydrogen-bond acceptors (Lipinski definition) is 4. The molecule has 1 aromatic heterocycles. The van der Waals surface area contributed by atoms with Gasteiger partial charge in [0.15, 0.2) is 0 Å². The highest BCUT2D eigenvalue weighted by atomic mass is 35.5. The molecule has 0 bridgehead atoms. The molecule has 0 aliphatic carbocycles. The summed E-state index contributed by atoms with van der Waals surface area (Å²) in [5.74, 6) is 0.150. The van der Waals surface area contributed by atoms with Gasteiger partial charge in [0.2, 0.25) is 5.91 Å². The van der Waals surface area contributed by atoms with Crippen molar-refractivity contribution in [2.24, 2.45) is 0 Å². The Hall–Kier alpha value is -2.70. The molecular weight excluding hydrogens is 396 g/mol. The average molecular weight is 413 g/mol. The number of anilines is 2. The molecule has 1 aliphatic rings. The van der Waals surface area contributed by atoms with Crippen LogP contribution in [0.3, 0.4) is 0 Å². The van der Waals surface area contributed by atoms with Gasteiger partial charge < -0.3 is 14.6 Å². The van der Waals surface area contributed by atoms with Crippen molar-refractivity contribution in [2.75, 3.05) is 22.5 Å². The number of nitrogens with zero attached hydrogens (tertiary/aromatic N) is 1. The van der Waals surface area contributed by atoms with Crippen LogP contribution in [0.5, 0.6) is 0 Å². The van der Waals surface area contributed by atoms with Crippen molar-refractivity contribution in [2.45, 2.75) is 11.3 Å². The Morgan fingerprint density at radius 1 is 1.14 bits per heavy atom. The van der Waals surface area contributed by atoms with E-state index in [0.717, 1.165) is 28.3 Å². The molecule has 7 heteroatoms. The van der Waals surface area contributed by atoms with E-state index in [9.17, 15) is 9.59 Å². The number of benzene rings is 2. The molecule has 1 aliphatic heterocycles. The van der Waals surface area contributed by atoms with Crippen LogP contribution < -0.4 is 10.2 Å². The summed E-state index contributed by atoms with van der Waals surface area (Å²) >= 11 is 7.32. The molecule has 1 N–H and O–H groups in total. The lowest BCUT2D eigenvalue weighted by Crippen LogP contribution is -2.28. The van der Waals surface area contributed by atoms with Gasteiger partial charge in [-0.3, -0.25) is 9.59 Å². The highest BCUT2D eigenvalue weighted by Gasteiger charge is 2.26. The maximum Gasteiger partial charge on any atom is 0.261 e. The van der Waals surface area contributed by atoms with Crippen LogP contribution in [0.25, 0.3) is 0 Å². The van der Waals surface area contributed by atoms with Gasteiger partial charge in [-0.2, -0.15) is 0 Å². The van der Waals surface area contributed by atoms with Crippen LogP contribution in [0.2, 0.25) is 5.02 Å². The third-order valence-electron chi connectivity index (χ3n) is 4.46. The van der Waals surface area contributed by atoms with Crippen molar-refractivity contribution in [1.82, 2.24) is 0 Å². The lowest BCUT2D eigenvalue weighted by molar-refractivity contribution is -0.113. The van der Waals surface area contributed by atoms with Crippen molar-refractivity contribution in [3.05, 3.63) is 77.2 Å². The minimum Gasteiger partial charge on any atom is -0.472 e. The molecule has 0 spiro atoms. The first-order chi connectivity index (χ1) is 13.6. The van der Waals surface area contributed by atoms with E-state index in [-0.39, 0.29) is 11.8 Å². The summed E-state index contributed by atoms with van der Waals surface area (Å²) in [6, 6.07) is 14.7. The number of nitrogens with one attached hydrogen (secondary N) is 1. The first kappa shape index (κ1) is 18.7. The van der Waals surface area contributed by atoms with Gasteiger partial charge in [-0.05, 0) is 60.5 Å². The smallest absolute Gasteiger partial charge is 0.261 e. The highest BCUT2D eigenvalue weighted by molar-refractivity contribution is 8.00. The van der Waals surface area contributed by atoms with Crippen LogP contribution >= 0.6 is 23.4 Å². The Kier molecular flexibility index (Phi) is 5.41. The van der Waals surface area contributed by atoms with Crippen molar-refractivity contribution in [3.63, 3.8) is 0 Å². The molecule has 2 heterocycles. The quantitative estimate of drug-likeness (QED) is 0.607. The van der Waals surface area contributed by atoms with Crippen LogP contribution in [-0.2, 0) is 11.2 Å². The van der Waals surface area contributed by atoms with E-state index in [1.807, 2.05) is 30.3 Å². The molecule has 142 valence electrons. The molecule has 5 nitrogen and oxygen atoms in total. The topological polar surface area (TPSA) is 62.6 Å². The molecule has 0 radical (unpaired) electrons. The molecule has 0 fully saturated rings. The molecule has 2 aromatic carbocycles. The lowest BCUT2D eigenvalue weighted by atomic mass is 10.1. The van der Waals surface area contributed by atoms with E-state index in [1.54, 1.807) is 23.1 Å². The maximum atomic E-state index is 12.6. The van der Waals surface area contributed by atoms with Crippen molar-refractivity contribution < 1.29 is 14.0 Å². The molecular formula is C21H17ClN2O3S. The number of furan rings is 1. The number of fused-ring (bicyclic) bond motifs is 1. The molecule has 28 heavy (non-hydrogen) atoms. The number of amides is 2. The van der Waals surface area contributed by atoms with Crippen molar-refractivity contribution >= 4 is 46.6 Å². The van der Waals surface area contributed by atoms with Gasteiger partial charge in [0.1, 0.15) is 6.26 Å². The number of thioether (sulfide) groups is 1. The van der Waals surface area contributed by atoms with E-state index < -0.39 is 0 Å². The Labute approximate surface area is 171 Å². The number of halogens is 1. The zero-order valence-corrected chi connectivity index (χ0v) is 16.4. The van der Waals surface area contributed by atoms with Gasteiger partial charge in [0.05, 0.1) is 17.6 Å². The second-order valence-electron chi connectivity index (χ2n) is 6.35. The van der Waals surface area contributed by atoms with Crippen LogP contribution in [0.15, 0.2) is 70.4 Å². The van der Waals surface area contributed by atoms with E-state index in [4.69, 9.17) is 16.0 Å². The summed E-state index contributed by atoms with van der Waals surface area (Å²) in [4.78, 5) is 27.5. The van der Waals surface area contributed by atoms with E-state index in [2.05, 4.69) is 5.32 Å². The predicted molar refractivity (Wildman–Crippen MR) is 111 cm³/mol. The fourth-order valence-corrected chi connectivity index (χ4v) is 3.93. The van der Waals surface area contributed by atoms with E-state index in [0.29, 0.717) is 22.9 Å². The highest BCUT2D eigenvalue weighted by Crippen LogP contribution is 2.32. The second-order valence-corrected chi connectivity index (χ2v) is 7.84. The lowest BCUT2D eigenvalue weighted by Gasteiger charge is -2.16. The minimum atomic E-state index is -0.0800. The van der Waals surface area contributed by atoms with Gasteiger partial charge in [-0.25, -0.2) is 0 Å². The third-order valence-corrected chi connectivity index (χ3v) is 5.72. The Morgan fingerprint density at radius 2 is 1.96 bits per heavy atom. The van der Waals surface area contributed by atoms with Crippen molar-refractivity contribution in [1.29, 1.82) is 0 Å². The van der Waals surface area contributed by atoms with E-state index in [1.165, 1.54) is 24.3 Å². The standard InChI is InChI=1S/C21H17ClN2O3S/c22-16-1-4-18(5-2-16)28-13-20(25)23-17-3-6-19-14(11-17)7-9-24(19)21(26)15-8-10-27-12-15/h1-6,8,10-12H,7,9,13H2,(H,23,25). The van der Waals surface area contributed by atoms with Crippen LogP contribution in [0, 0.1) is 0 Å². The Morgan fingerprint density at radius 3 is 2.71 bits per heavy atom. The summed E-state index contributed by atoms with van der Waals surface area (Å²) in [5.41, 5.74) is 3.18. The van der Waals surface area contributed by atoms with Gasteiger partial charge in [-0.15, -0.1) is 11.8 Å². The SMILES string of the molecule is O=C(CSc1ccc(Cl)cc1)Nc1ccc2c(c1)CCN2C(=O)c1ccoc1. The average Bonchev–Trinajstić information content (AvgIpc) is 3.37. The zero-order chi connectivity index (χ0) is 19.5. The van der Waals surface area contributed by atoms with Crippen LogP contribution in [0.4, 0.5) is 11.4 Å². The summed E-state index contributed by atoms with van der Waals surface area (Å²) < 4.78 is 5.00. The Balaban J connectivity index is 1.38. The molecule has 0 saturated carbocycles. The maximum absolute atomic E-state index is 12.6. The summed E-state index contributed by atoms with van der Waals surface area (Å²) in [6.45, 7) is 0.614. The molecule has 4 rings (SSSR count). The summed E-state index contributed by atoms with van der Waals surface area (Å²) in [6.07, 6.45) is 3.69. The number of carbonyl (C=O) groups is 2. The predicted octanol–water partition coefficient (Wildman–Crippen LogP) is 4.87. The fourth-order valence-electron chi connectivity index (χ4n) is 3.11. The minimum absolute atomic E-state index is 0.0794. The normalized spacial score (nSPS) is 12.7. The largest absolute Gasteiger partial charge is 0.472 e. The monoisotopic (exact) mass is 412 g/mol. The number of carbonyl (C=O) groups excluding carboxylic acids is 2. The first-order valence-electron chi connectivity index (χ1n) is 8.75. The number of hydrogen-bond donors (Lipinski definition) is 1. The zero-order valence-electron chi connectivity index (χ0n) is 14.9. The first-order valence-corrected chi connectivity index (χ1v) is 10.1. The van der Waals surface area contributed by atoms with E-state index >= 15 is 0 Å². The summed E-state index contributed by atoms with van der Waals surface area (Å²) in [7, 11) is 0. The molecule has 0 unspecified atom stereocenters. The number of rotatable bonds is 5. The van der Waals surface area contributed by atoms with Gasteiger partial charge >= 0.3 is 0 Å². The Bertz CT molecular complexity index is 1000. The molecule has 3 aromatic rings. The van der Waals surface area contributed by atoms with Gasteiger partial charge in [-0.1, -0.05) is 11.6 Å². The van der Waals surface area contributed by atoms with Crippen LogP contribution in [0.1, 0.15) is 15.9 Å². The third kappa shape index (κ3) is 4.08.